The number of benzene rings is 2. The fourth-order valence-electron chi connectivity index (χ4n) is 3.98. The van der Waals surface area contributed by atoms with Gasteiger partial charge >= 0.3 is 6.09 Å². The summed E-state index contributed by atoms with van der Waals surface area (Å²) in [6.45, 7) is 1.29. The minimum absolute atomic E-state index is 0.182. The van der Waals surface area contributed by atoms with Crippen LogP contribution in [0.3, 0.4) is 0 Å². The van der Waals surface area contributed by atoms with Crippen molar-refractivity contribution in [2.75, 3.05) is 6.54 Å². The van der Waals surface area contributed by atoms with Crippen LogP contribution in [0.2, 0.25) is 0 Å². The van der Waals surface area contributed by atoms with Crippen molar-refractivity contribution >= 4 is 6.09 Å². The minimum atomic E-state index is -0.239. The van der Waals surface area contributed by atoms with Crippen LogP contribution in [-0.4, -0.2) is 28.2 Å². The van der Waals surface area contributed by atoms with E-state index in [-0.39, 0.29) is 17.4 Å². The summed E-state index contributed by atoms with van der Waals surface area (Å²) in [5, 5.41) is 9.61. The number of ether oxygens (including phenoxy) is 1. The zero-order chi connectivity index (χ0) is 17.3. The first-order chi connectivity index (χ1) is 12.1. The smallest absolute Gasteiger partial charge is 0.410 e. The van der Waals surface area contributed by atoms with E-state index in [4.69, 9.17) is 4.74 Å². The zero-order valence-corrected chi connectivity index (χ0v) is 14.3. The molecule has 1 spiro atoms. The van der Waals surface area contributed by atoms with Gasteiger partial charge in [-0.15, -0.1) is 0 Å². The van der Waals surface area contributed by atoms with Gasteiger partial charge in [0.1, 0.15) is 11.4 Å². The molecule has 0 bridgehead atoms. The lowest BCUT2D eigenvalue weighted by Gasteiger charge is -2.30. The van der Waals surface area contributed by atoms with Gasteiger partial charge in [-0.05, 0) is 54.5 Å². The van der Waals surface area contributed by atoms with Crippen LogP contribution >= 0.6 is 0 Å². The summed E-state index contributed by atoms with van der Waals surface area (Å²) in [5.41, 5.74) is 2.88. The number of carbonyl (C=O) groups is 1. The Morgan fingerprint density at radius 2 is 1.76 bits per heavy atom. The second kappa shape index (κ2) is 6.43. The van der Waals surface area contributed by atoms with E-state index in [0.717, 1.165) is 42.4 Å². The second-order valence-electron chi connectivity index (χ2n) is 7.21. The maximum atomic E-state index is 12.3. The summed E-state index contributed by atoms with van der Waals surface area (Å²) in [7, 11) is 0. The molecule has 130 valence electrons. The highest BCUT2D eigenvalue weighted by Gasteiger charge is 2.45. The van der Waals surface area contributed by atoms with Crippen molar-refractivity contribution in [2.24, 2.45) is 0 Å². The highest BCUT2D eigenvalue weighted by Crippen LogP contribution is 2.37. The number of phenolic OH excluding ortho intramolecular Hbond substituents is 1. The first-order valence-electron chi connectivity index (χ1n) is 9.00. The molecule has 0 atom stereocenters. The highest BCUT2D eigenvalue weighted by molar-refractivity contribution is 5.71. The largest absolute Gasteiger partial charge is 0.508 e. The molecule has 0 unspecified atom stereocenters. The third-order valence-electron chi connectivity index (χ3n) is 5.31. The molecule has 2 aliphatic rings. The lowest BCUT2D eigenvalue weighted by Crippen LogP contribution is -2.36. The molecule has 1 saturated carbocycles. The Hall–Kier alpha value is -2.49. The fourth-order valence-corrected chi connectivity index (χ4v) is 3.98. The third kappa shape index (κ3) is 3.34. The molecule has 0 aromatic heterocycles. The summed E-state index contributed by atoms with van der Waals surface area (Å²) < 4.78 is 5.74. The summed E-state index contributed by atoms with van der Waals surface area (Å²) >= 11 is 0. The molecule has 2 fully saturated rings. The monoisotopic (exact) mass is 337 g/mol. The Labute approximate surface area is 148 Å². The van der Waals surface area contributed by atoms with Gasteiger partial charge in [-0.3, -0.25) is 4.90 Å². The van der Waals surface area contributed by atoms with Crippen LogP contribution in [-0.2, 0) is 11.3 Å². The van der Waals surface area contributed by atoms with Gasteiger partial charge in [-0.25, -0.2) is 4.79 Å². The Balaban J connectivity index is 1.45. The average Bonchev–Trinajstić information content (AvgIpc) is 2.91. The van der Waals surface area contributed by atoms with Crippen LogP contribution in [0.5, 0.6) is 5.75 Å². The van der Waals surface area contributed by atoms with Crippen molar-refractivity contribution < 1.29 is 14.6 Å². The SMILES string of the molecule is O=C1OC2(CCCCC2)CN1Cc1ccc(-c2cccc(O)c2)cc1. The average molecular weight is 337 g/mol. The number of phenols is 1. The predicted molar refractivity (Wildman–Crippen MR) is 96.2 cm³/mol. The molecule has 4 nitrogen and oxygen atoms in total. The maximum absolute atomic E-state index is 12.3. The van der Waals surface area contributed by atoms with E-state index >= 15 is 0 Å². The Morgan fingerprint density at radius 3 is 2.48 bits per heavy atom. The molecule has 1 saturated heterocycles. The van der Waals surface area contributed by atoms with Crippen molar-refractivity contribution in [3.63, 3.8) is 0 Å². The summed E-state index contributed by atoms with van der Waals surface area (Å²) in [5.74, 6) is 0.263. The molecular formula is C21H23NO3. The van der Waals surface area contributed by atoms with Crippen molar-refractivity contribution in [3.05, 3.63) is 54.1 Å². The first kappa shape index (κ1) is 16.0. The van der Waals surface area contributed by atoms with E-state index in [1.54, 1.807) is 12.1 Å². The lowest BCUT2D eigenvalue weighted by atomic mass is 9.85. The van der Waals surface area contributed by atoms with Crippen LogP contribution in [0.1, 0.15) is 37.7 Å². The summed E-state index contributed by atoms with van der Waals surface area (Å²) in [6.07, 6.45) is 5.35. The number of hydrogen-bond donors (Lipinski definition) is 1. The number of aromatic hydroxyl groups is 1. The summed E-state index contributed by atoms with van der Waals surface area (Å²) in [4.78, 5) is 14.1. The normalized spacial score (nSPS) is 19.2. The molecule has 0 radical (unpaired) electrons. The second-order valence-corrected chi connectivity index (χ2v) is 7.21. The molecule has 1 N–H and O–H groups in total. The van der Waals surface area contributed by atoms with Crippen molar-refractivity contribution in [1.82, 2.24) is 4.90 Å². The molecule has 1 aliphatic heterocycles. The van der Waals surface area contributed by atoms with Gasteiger partial charge < -0.3 is 9.84 Å². The zero-order valence-electron chi connectivity index (χ0n) is 14.3. The van der Waals surface area contributed by atoms with Gasteiger partial charge in [0.05, 0.1) is 6.54 Å². The molecule has 1 aliphatic carbocycles. The number of amides is 1. The van der Waals surface area contributed by atoms with E-state index in [9.17, 15) is 9.90 Å². The van der Waals surface area contributed by atoms with Crippen molar-refractivity contribution in [3.8, 4) is 16.9 Å². The van der Waals surface area contributed by atoms with E-state index in [0.29, 0.717) is 13.1 Å². The molecule has 2 aromatic carbocycles. The van der Waals surface area contributed by atoms with Gasteiger partial charge in [0.25, 0.3) is 0 Å². The Kier molecular flexibility index (Phi) is 4.12. The van der Waals surface area contributed by atoms with Crippen LogP contribution < -0.4 is 0 Å². The van der Waals surface area contributed by atoms with Crippen molar-refractivity contribution in [1.29, 1.82) is 0 Å². The fraction of sp³-hybridized carbons (Fsp3) is 0.381. The highest BCUT2D eigenvalue weighted by atomic mass is 16.6. The van der Waals surface area contributed by atoms with Gasteiger partial charge in [-0.2, -0.15) is 0 Å². The van der Waals surface area contributed by atoms with E-state index in [1.807, 2.05) is 41.3 Å². The van der Waals surface area contributed by atoms with E-state index in [1.165, 1.54) is 6.42 Å². The van der Waals surface area contributed by atoms with Gasteiger partial charge in [0.15, 0.2) is 0 Å². The molecule has 1 heterocycles. The third-order valence-corrected chi connectivity index (χ3v) is 5.31. The van der Waals surface area contributed by atoms with Crippen molar-refractivity contribution in [2.45, 2.75) is 44.2 Å². The molecule has 2 aromatic rings. The van der Waals surface area contributed by atoms with E-state index < -0.39 is 0 Å². The molecule has 4 rings (SSSR count). The van der Waals surface area contributed by atoms with Crippen LogP contribution in [0.4, 0.5) is 4.79 Å². The molecule has 4 heteroatoms. The molecular weight excluding hydrogens is 314 g/mol. The summed E-state index contributed by atoms with van der Waals surface area (Å²) in [6, 6.07) is 15.4. The standard InChI is InChI=1S/C21H23NO3/c23-19-6-4-5-18(13-19)17-9-7-16(8-10-17)14-22-15-21(25-20(22)24)11-2-1-3-12-21/h4-10,13,23H,1-3,11-12,14-15H2. The van der Waals surface area contributed by atoms with Crippen LogP contribution in [0, 0.1) is 0 Å². The number of carbonyl (C=O) groups excluding carboxylic acids is 1. The number of nitrogens with zero attached hydrogens (tertiary/aromatic N) is 1. The van der Waals surface area contributed by atoms with E-state index in [2.05, 4.69) is 0 Å². The lowest BCUT2D eigenvalue weighted by molar-refractivity contribution is 0.0260. The topological polar surface area (TPSA) is 49.8 Å². The van der Waals surface area contributed by atoms with Crippen LogP contribution in [0.25, 0.3) is 11.1 Å². The minimum Gasteiger partial charge on any atom is -0.508 e. The molecule has 1 amide bonds. The maximum Gasteiger partial charge on any atom is 0.410 e. The molecule has 25 heavy (non-hydrogen) atoms. The number of rotatable bonds is 3. The quantitative estimate of drug-likeness (QED) is 0.882. The van der Waals surface area contributed by atoms with Gasteiger partial charge in [0, 0.05) is 6.54 Å². The Morgan fingerprint density at radius 1 is 1.00 bits per heavy atom. The Bertz CT molecular complexity index is 763. The first-order valence-corrected chi connectivity index (χ1v) is 9.00. The predicted octanol–water partition coefficient (Wildman–Crippen LogP) is 4.71. The van der Waals surface area contributed by atoms with Crippen LogP contribution in [0.15, 0.2) is 48.5 Å². The van der Waals surface area contributed by atoms with Gasteiger partial charge in [0.2, 0.25) is 0 Å². The van der Waals surface area contributed by atoms with Gasteiger partial charge in [-0.1, -0.05) is 42.8 Å². The number of hydrogen-bond acceptors (Lipinski definition) is 3.